The van der Waals surface area contributed by atoms with Crippen LogP contribution in [0.25, 0.3) is 0 Å². The van der Waals surface area contributed by atoms with Crippen LogP contribution >= 0.6 is 0 Å². The van der Waals surface area contributed by atoms with Gasteiger partial charge in [-0.1, -0.05) is 13.8 Å². The van der Waals surface area contributed by atoms with E-state index >= 15 is 0 Å². The lowest BCUT2D eigenvalue weighted by molar-refractivity contribution is -0.140. The summed E-state index contributed by atoms with van der Waals surface area (Å²) in [6.45, 7) is 5.25. The SMILES string of the molecule is Cc1c(C(=O)N[C@H](C(=O)O)C(C)C)cnn1C. The van der Waals surface area contributed by atoms with Crippen LogP contribution in [0.2, 0.25) is 0 Å². The van der Waals surface area contributed by atoms with Gasteiger partial charge in [-0.3, -0.25) is 9.48 Å². The fourth-order valence-electron chi connectivity index (χ4n) is 1.45. The summed E-state index contributed by atoms with van der Waals surface area (Å²) in [5.74, 6) is -1.61. The molecule has 1 aromatic heterocycles. The number of carbonyl (C=O) groups excluding carboxylic acids is 1. The third-order valence-electron chi connectivity index (χ3n) is 2.70. The highest BCUT2D eigenvalue weighted by atomic mass is 16.4. The Bertz CT molecular complexity index is 437. The number of hydrogen-bond acceptors (Lipinski definition) is 3. The molecular weight excluding hydrogens is 222 g/mol. The summed E-state index contributed by atoms with van der Waals surface area (Å²) in [7, 11) is 1.73. The number of aliphatic carboxylic acids is 1. The Hall–Kier alpha value is -1.85. The van der Waals surface area contributed by atoms with Gasteiger partial charge in [0.2, 0.25) is 0 Å². The van der Waals surface area contributed by atoms with Crippen molar-refractivity contribution in [1.29, 1.82) is 0 Å². The van der Waals surface area contributed by atoms with Crippen LogP contribution in [0.15, 0.2) is 6.20 Å². The van der Waals surface area contributed by atoms with Crippen LogP contribution in [0.5, 0.6) is 0 Å². The Morgan fingerprint density at radius 1 is 1.47 bits per heavy atom. The van der Waals surface area contributed by atoms with Crippen molar-refractivity contribution in [2.24, 2.45) is 13.0 Å². The van der Waals surface area contributed by atoms with E-state index in [1.54, 1.807) is 32.5 Å². The van der Waals surface area contributed by atoms with Crippen molar-refractivity contribution >= 4 is 11.9 Å². The molecule has 94 valence electrons. The smallest absolute Gasteiger partial charge is 0.326 e. The standard InChI is InChI=1S/C11H17N3O3/c1-6(2)9(11(16)17)13-10(15)8-5-12-14(4)7(8)3/h5-6,9H,1-4H3,(H,13,15)(H,16,17)/t9-/m0/s1. The van der Waals surface area contributed by atoms with E-state index in [-0.39, 0.29) is 5.92 Å². The molecule has 0 aliphatic heterocycles. The average molecular weight is 239 g/mol. The molecule has 2 N–H and O–H groups in total. The number of carbonyl (C=O) groups is 2. The van der Waals surface area contributed by atoms with Gasteiger partial charge in [0.1, 0.15) is 6.04 Å². The first-order valence-electron chi connectivity index (χ1n) is 5.36. The Kier molecular flexibility index (Phi) is 3.88. The summed E-state index contributed by atoms with van der Waals surface area (Å²) in [6, 6.07) is -0.887. The van der Waals surface area contributed by atoms with E-state index in [4.69, 9.17) is 5.11 Å². The van der Waals surface area contributed by atoms with Gasteiger partial charge >= 0.3 is 5.97 Å². The molecule has 0 saturated heterocycles. The molecule has 0 aromatic carbocycles. The molecule has 0 radical (unpaired) electrons. The molecule has 0 fully saturated rings. The van der Waals surface area contributed by atoms with Gasteiger partial charge in [-0.05, 0) is 12.8 Å². The summed E-state index contributed by atoms with van der Waals surface area (Å²) in [4.78, 5) is 22.8. The molecule has 0 spiro atoms. The molecule has 1 rings (SSSR count). The average Bonchev–Trinajstić information content (AvgIpc) is 2.55. The first-order chi connectivity index (χ1) is 7.84. The summed E-state index contributed by atoms with van der Waals surface area (Å²) in [6.07, 6.45) is 1.43. The zero-order chi connectivity index (χ0) is 13.2. The van der Waals surface area contributed by atoms with E-state index in [0.717, 1.165) is 0 Å². The Balaban J connectivity index is 2.85. The number of nitrogens with zero attached hydrogens (tertiary/aromatic N) is 2. The van der Waals surface area contributed by atoms with Crippen molar-refractivity contribution < 1.29 is 14.7 Å². The van der Waals surface area contributed by atoms with Gasteiger partial charge in [-0.2, -0.15) is 5.10 Å². The van der Waals surface area contributed by atoms with Gasteiger partial charge in [0, 0.05) is 12.7 Å². The minimum absolute atomic E-state index is 0.173. The lowest BCUT2D eigenvalue weighted by atomic mass is 10.0. The van der Waals surface area contributed by atoms with Crippen molar-refractivity contribution in [3.63, 3.8) is 0 Å². The summed E-state index contributed by atoms with van der Waals surface area (Å²) in [5.41, 5.74) is 1.11. The van der Waals surface area contributed by atoms with Crippen LogP contribution < -0.4 is 5.32 Å². The third kappa shape index (κ3) is 2.83. The minimum Gasteiger partial charge on any atom is -0.480 e. The van der Waals surface area contributed by atoms with Gasteiger partial charge in [-0.15, -0.1) is 0 Å². The summed E-state index contributed by atoms with van der Waals surface area (Å²) >= 11 is 0. The van der Waals surface area contributed by atoms with Gasteiger partial charge in [-0.25, -0.2) is 4.79 Å². The lowest BCUT2D eigenvalue weighted by Gasteiger charge is -2.17. The van der Waals surface area contributed by atoms with Gasteiger partial charge in [0.05, 0.1) is 11.8 Å². The molecule has 17 heavy (non-hydrogen) atoms. The zero-order valence-corrected chi connectivity index (χ0v) is 10.4. The molecule has 0 aliphatic rings. The quantitative estimate of drug-likeness (QED) is 0.804. The van der Waals surface area contributed by atoms with Crippen molar-refractivity contribution in [2.45, 2.75) is 26.8 Å². The van der Waals surface area contributed by atoms with Crippen LogP contribution in [0.1, 0.15) is 29.9 Å². The van der Waals surface area contributed by atoms with Gasteiger partial charge in [0.25, 0.3) is 5.91 Å². The van der Waals surface area contributed by atoms with E-state index in [0.29, 0.717) is 11.3 Å². The number of amides is 1. The van der Waals surface area contributed by atoms with Crippen LogP contribution in [0.4, 0.5) is 0 Å². The second kappa shape index (κ2) is 4.99. The molecule has 1 aromatic rings. The maximum atomic E-state index is 11.9. The zero-order valence-electron chi connectivity index (χ0n) is 10.4. The minimum atomic E-state index is -1.03. The number of nitrogens with one attached hydrogen (secondary N) is 1. The number of carboxylic acids is 1. The lowest BCUT2D eigenvalue weighted by Crippen LogP contribution is -2.44. The van der Waals surface area contributed by atoms with Crippen LogP contribution in [0, 0.1) is 12.8 Å². The maximum Gasteiger partial charge on any atom is 0.326 e. The van der Waals surface area contributed by atoms with E-state index in [2.05, 4.69) is 10.4 Å². The van der Waals surface area contributed by atoms with Crippen LogP contribution in [-0.2, 0) is 11.8 Å². The van der Waals surface area contributed by atoms with Crippen molar-refractivity contribution in [3.8, 4) is 0 Å². The first kappa shape index (κ1) is 13.2. The van der Waals surface area contributed by atoms with E-state index in [9.17, 15) is 9.59 Å². The molecule has 6 nitrogen and oxygen atoms in total. The summed E-state index contributed by atoms with van der Waals surface area (Å²) < 4.78 is 1.57. The third-order valence-corrected chi connectivity index (χ3v) is 2.70. The number of carboxylic acid groups (broad SMARTS) is 1. The predicted molar refractivity (Wildman–Crippen MR) is 61.7 cm³/mol. The molecule has 1 atom stereocenters. The van der Waals surface area contributed by atoms with Crippen LogP contribution in [0.3, 0.4) is 0 Å². The largest absolute Gasteiger partial charge is 0.480 e. The molecule has 0 aliphatic carbocycles. The topological polar surface area (TPSA) is 84.2 Å². The highest BCUT2D eigenvalue weighted by molar-refractivity contribution is 5.97. The highest BCUT2D eigenvalue weighted by Crippen LogP contribution is 2.08. The van der Waals surface area contributed by atoms with Crippen molar-refractivity contribution in [2.75, 3.05) is 0 Å². The second-order valence-corrected chi connectivity index (χ2v) is 4.30. The van der Waals surface area contributed by atoms with Gasteiger partial charge in [0.15, 0.2) is 0 Å². The van der Waals surface area contributed by atoms with E-state index in [1.807, 2.05) is 0 Å². The molecule has 0 saturated carbocycles. The molecule has 6 heteroatoms. The molecule has 1 amide bonds. The normalized spacial score (nSPS) is 12.5. The van der Waals surface area contributed by atoms with Gasteiger partial charge < -0.3 is 10.4 Å². The first-order valence-corrected chi connectivity index (χ1v) is 5.36. The van der Waals surface area contributed by atoms with Crippen molar-refractivity contribution in [1.82, 2.24) is 15.1 Å². The Morgan fingerprint density at radius 3 is 2.41 bits per heavy atom. The molecule has 1 heterocycles. The number of aryl methyl sites for hydroxylation is 1. The molecule has 0 bridgehead atoms. The van der Waals surface area contributed by atoms with Crippen molar-refractivity contribution in [3.05, 3.63) is 17.5 Å². The van der Waals surface area contributed by atoms with E-state index < -0.39 is 17.9 Å². The maximum absolute atomic E-state index is 11.9. The number of rotatable bonds is 4. The Morgan fingerprint density at radius 2 is 2.06 bits per heavy atom. The fraction of sp³-hybridized carbons (Fsp3) is 0.545. The Labute approximate surface area is 99.6 Å². The highest BCUT2D eigenvalue weighted by Gasteiger charge is 2.25. The monoisotopic (exact) mass is 239 g/mol. The number of aromatic nitrogens is 2. The summed E-state index contributed by atoms with van der Waals surface area (Å²) in [5, 5.41) is 15.4. The molecule has 0 unspecified atom stereocenters. The van der Waals surface area contributed by atoms with Crippen LogP contribution in [-0.4, -0.2) is 32.8 Å². The fourth-order valence-corrected chi connectivity index (χ4v) is 1.45. The molecular formula is C11H17N3O3. The second-order valence-electron chi connectivity index (χ2n) is 4.30. The van der Waals surface area contributed by atoms with E-state index in [1.165, 1.54) is 6.20 Å². The predicted octanol–water partition coefficient (Wildman–Crippen LogP) is 0.568. The number of hydrogen-bond donors (Lipinski definition) is 2.